The number of amides is 1. The average molecular weight is 271 g/mol. The number of nitrogens with zero attached hydrogens (tertiary/aromatic N) is 1. The second kappa shape index (κ2) is 9.23. The van der Waals surface area contributed by atoms with Gasteiger partial charge in [0.05, 0.1) is 11.8 Å². The predicted molar refractivity (Wildman–Crippen MR) is 77.5 cm³/mol. The van der Waals surface area contributed by atoms with Crippen molar-refractivity contribution < 1.29 is 4.79 Å². The first kappa shape index (κ1) is 17.3. The summed E-state index contributed by atoms with van der Waals surface area (Å²) in [6.07, 6.45) is 2.59. The molecule has 0 saturated carbocycles. The molecule has 18 heavy (non-hydrogen) atoms. The van der Waals surface area contributed by atoms with Gasteiger partial charge in [-0.05, 0) is 38.9 Å². The number of hydrogen-bond acceptors (Lipinski definition) is 4. The zero-order valence-electron chi connectivity index (χ0n) is 11.9. The lowest BCUT2D eigenvalue weighted by Crippen LogP contribution is -2.47. The summed E-state index contributed by atoms with van der Waals surface area (Å²) in [6, 6.07) is 2.72. The summed E-state index contributed by atoms with van der Waals surface area (Å²) in [7, 11) is 1.65. The second-order valence-corrected chi connectivity index (χ2v) is 5.78. The molecule has 0 bridgehead atoms. The van der Waals surface area contributed by atoms with Crippen LogP contribution >= 0.6 is 11.8 Å². The third kappa shape index (κ3) is 6.87. The molecule has 0 spiro atoms. The molecule has 0 aromatic carbocycles. The van der Waals surface area contributed by atoms with Gasteiger partial charge in [0, 0.05) is 13.1 Å². The van der Waals surface area contributed by atoms with Crippen LogP contribution in [0.4, 0.5) is 0 Å². The highest BCUT2D eigenvalue weighted by Crippen LogP contribution is 2.19. The van der Waals surface area contributed by atoms with E-state index in [9.17, 15) is 10.1 Å². The molecule has 0 aromatic heterocycles. The molecule has 0 fully saturated rings. The molecule has 0 aliphatic carbocycles. The van der Waals surface area contributed by atoms with Gasteiger partial charge in [-0.1, -0.05) is 6.92 Å². The van der Waals surface area contributed by atoms with Gasteiger partial charge in [0.25, 0.3) is 0 Å². The van der Waals surface area contributed by atoms with Crippen LogP contribution in [0, 0.1) is 11.3 Å². The number of thioether (sulfide) groups is 1. The highest BCUT2D eigenvalue weighted by atomic mass is 32.2. The second-order valence-electron chi connectivity index (χ2n) is 4.68. The topological polar surface area (TPSA) is 64.9 Å². The van der Waals surface area contributed by atoms with Crippen LogP contribution in [0.25, 0.3) is 0 Å². The largest absolute Gasteiger partial charge is 0.358 e. The molecular weight excluding hydrogens is 246 g/mol. The van der Waals surface area contributed by atoms with Crippen molar-refractivity contribution in [3.63, 3.8) is 0 Å². The van der Waals surface area contributed by atoms with Crippen LogP contribution in [-0.2, 0) is 4.79 Å². The molecule has 2 N–H and O–H groups in total. The molecule has 0 saturated heterocycles. The van der Waals surface area contributed by atoms with Gasteiger partial charge in [-0.2, -0.15) is 17.0 Å². The highest BCUT2D eigenvalue weighted by molar-refractivity contribution is 7.99. The molecule has 0 aliphatic heterocycles. The first-order valence-electron chi connectivity index (χ1n) is 6.47. The van der Waals surface area contributed by atoms with Gasteiger partial charge < -0.3 is 5.32 Å². The van der Waals surface area contributed by atoms with Crippen molar-refractivity contribution in [2.75, 3.05) is 18.6 Å². The van der Waals surface area contributed by atoms with Gasteiger partial charge in [0.1, 0.15) is 5.54 Å². The minimum absolute atomic E-state index is 0.0577. The van der Waals surface area contributed by atoms with E-state index < -0.39 is 5.54 Å². The number of nitriles is 1. The molecule has 0 aliphatic rings. The van der Waals surface area contributed by atoms with Gasteiger partial charge >= 0.3 is 0 Å². The van der Waals surface area contributed by atoms with Crippen molar-refractivity contribution in [3.8, 4) is 6.07 Å². The highest BCUT2D eigenvalue weighted by Gasteiger charge is 2.27. The van der Waals surface area contributed by atoms with Crippen LogP contribution in [0.3, 0.4) is 0 Å². The number of nitrogens with one attached hydrogen (secondary N) is 2. The Labute approximate surface area is 115 Å². The number of carbonyl (C=O) groups excluding carboxylic acids is 1. The lowest BCUT2D eigenvalue weighted by atomic mass is 9.91. The van der Waals surface area contributed by atoms with E-state index in [0.717, 1.165) is 25.0 Å². The zero-order valence-corrected chi connectivity index (χ0v) is 12.7. The van der Waals surface area contributed by atoms with E-state index in [0.29, 0.717) is 11.8 Å². The van der Waals surface area contributed by atoms with Crippen molar-refractivity contribution in [1.29, 1.82) is 5.26 Å². The van der Waals surface area contributed by atoms with Crippen molar-refractivity contribution >= 4 is 17.7 Å². The maximum absolute atomic E-state index is 11.0. The Kier molecular flexibility index (Phi) is 8.86. The lowest BCUT2D eigenvalue weighted by Gasteiger charge is -2.29. The maximum atomic E-state index is 11.0. The van der Waals surface area contributed by atoms with E-state index in [1.54, 1.807) is 18.8 Å². The van der Waals surface area contributed by atoms with Crippen LogP contribution in [0.5, 0.6) is 0 Å². The lowest BCUT2D eigenvalue weighted by molar-refractivity contribution is -0.118. The standard InChI is InChI=1S/C13H25N3OS/c1-5-13(10-14,16-11(2)3)7-6-8-18-9-12(17)15-4/h11,16H,5-9H2,1-4H3,(H,15,17). The Hall–Kier alpha value is -0.730. The molecule has 1 atom stereocenters. The first-order valence-corrected chi connectivity index (χ1v) is 7.62. The van der Waals surface area contributed by atoms with Gasteiger partial charge in [-0.25, -0.2) is 0 Å². The van der Waals surface area contributed by atoms with Gasteiger partial charge in [-0.15, -0.1) is 0 Å². The summed E-state index contributed by atoms with van der Waals surface area (Å²) < 4.78 is 0. The first-order chi connectivity index (χ1) is 8.49. The molecule has 0 aromatic rings. The molecule has 0 radical (unpaired) electrons. The normalized spacial score (nSPS) is 14.0. The molecule has 1 unspecified atom stereocenters. The quantitative estimate of drug-likeness (QED) is 0.629. The molecule has 0 heterocycles. The zero-order chi connectivity index (χ0) is 14.0. The molecule has 4 nitrogen and oxygen atoms in total. The fraction of sp³-hybridized carbons (Fsp3) is 0.846. The van der Waals surface area contributed by atoms with Crippen molar-refractivity contribution in [2.24, 2.45) is 0 Å². The molecule has 0 rings (SSSR count). The van der Waals surface area contributed by atoms with E-state index in [-0.39, 0.29) is 5.91 Å². The average Bonchev–Trinajstić information content (AvgIpc) is 2.36. The predicted octanol–water partition coefficient (Wildman–Crippen LogP) is 1.92. The minimum Gasteiger partial charge on any atom is -0.358 e. The van der Waals surface area contributed by atoms with E-state index in [4.69, 9.17) is 0 Å². The third-order valence-electron chi connectivity index (χ3n) is 2.79. The summed E-state index contributed by atoms with van der Waals surface area (Å²) in [6.45, 7) is 6.15. The number of carbonyl (C=O) groups is 1. The van der Waals surface area contributed by atoms with Gasteiger partial charge in [-0.3, -0.25) is 10.1 Å². The van der Waals surface area contributed by atoms with Gasteiger partial charge in [0.2, 0.25) is 5.91 Å². The Bertz CT molecular complexity index is 288. The minimum atomic E-state index is -0.415. The van der Waals surface area contributed by atoms with E-state index in [1.165, 1.54) is 0 Å². The molecule has 5 heteroatoms. The monoisotopic (exact) mass is 271 g/mol. The van der Waals surface area contributed by atoms with E-state index in [1.807, 2.05) is 6.92 Å². The maximum Gasteiger partial charge on any atom is 0.229 e. The van der Waals surface area contributed by atoms with E-state index in [2.05, 4.69) is 30.6 Å². The van der Waals surface area contributed by atoms with Crippen LogP contribution < -0.4 is 10.6 Å². The Morgan fingerprint density at radius 3 is 2.61 bits per heavy atom. The molecule has 1 amide bonds. The summed E-state index contributed by atoms with van der Waals surface area (Å²) in [5, 5.41) is 15.3. The van der Waals surface area contributed by atoms with E-state index >= 15 is 0 Å². The summed E-state index contributed by atoms with van der Waals surface area (Å²) in [4.78, 5) is 11.0. The van der Waals surface area contributed by atoms with Crippen molar-refractivity contribution in [3.05, 3.63) is 0 Å². The molecule has 104 valence electrons. The SMILES string of the molecule is CCC(C#N)(CCCSCC(=O)NC)NC(C)C. The fourth-order valence-electron chi connectivity index (χ4n) is 1.78. The molecular formula is C13H25N3OS. The number of rotatable bonds is 9. The van der Waals surface area contributed by atoms with Crippen LogP contribution in [0.1, 0.15) is 40.0 Å². The fourth-order valence-corrected chi connectivity index (χ4v) is 2.61. The Morgan fingerprint density at radius 2 is 2.17 bits per heavy atom. The number of hydrogen-bond donors (Lipinski definition) is 2. The Balaban J connectivity index is 3.99. The van der Waals surface area contributed by atoms with Crippen molar-refractivity contribution in [1.82, 2.24) is 10.6 Å². The van der Waals surface area contributed by atoms with Crippen molar-refractivity contribution in [2.45, 2.75) is 51.6 Å². The smallest absolute Gasteiger partial charge is 0.229 e. The summed E-state index contributed by atoms with van der Waals surface area (Å²) in [5.74, 6) is 1.47. The van der Waals surface area contributed by atoms with Crippen LogP contribution in [-0.4, -0.2) is 36.0 Å². The van der Waals surface area contributed by atoms with Crippen LogP contribution in [0.2, 0.25) is 0 Å². The summed E-state index contributed by atoms with van der Waals surface area (Å²) >= 11 is 1.62. The Morgan fingerprint density at radius 1 is 1.50 bits per heavy atom. The summed E-state index contributed by atoms with van der Waals surface area (Å²) in [5.41, 5.74) is -0.415. The third-order valence-corrected chi connectivity index (χ3v) is 3.83. The van der Waals surface area contributed by atoms with Crippen LogP contribution in [0.15, 0.2) is 0 Å². The van der Waals surface area contributed by atoms with Gasteiger partial charge in [0.15, 0.2) is 0 Å².